The zero-order valence-electron chi connectivity index (χ0n) is 12.7. The Labute approximate surface area is 147 Å². The number of rotatable bonds is 5. The number of carbonyl (C=O) groups is 1. The molecule has 0 spiro atoms. The molecule has 1 aromatic carbocycles. The Morgan fingerprint density at radius 3 is 2.74 bits per heavy atom. The van der Waals surface area contributed by atoms with Gasteiger partial charge in [0, 0.05) is 5.56 Å². The Morgan fingerprint density at radius 1 is 1.22 bits per heavy atom. The predicted molar refractivity (Wildman–Crippen MR) is 98.8 cm³/mol. The third-order valence-electron chi connectivity index (χ3n) is 3.13. The second kappa shape index (κ2) is 7.25. The minimum absolute atomic E-state index is 0.139. The fraction of sp³-hybridized carbons (Fsp3) is 0.188. The number of hydrogen-bond donors (Lipinski definition) is 1. The van der Waals surface area contributed by atoms with E-state index in [-0.39, 0.29) is 5.91 Å². The van der Waals surface area contributed by atoms with Crippen molar-refractivity contribution in [1.29, 1.82) is 0 Å². The summed E-state index contributed by atoms with van der Waals surface area (Å²) in [6.45, 7) is 4.11. The van der Waals surface area contributed by atoms with Crippen LogP contribution in [0.25, 0.3) is 11.1 Å². The molecule has 3 aromatic rings. The molecule has 0 aliphatic rings. The van der Waals surface area contributed by atoms with E-state index in [0.717, 1.165) is 21.2 Å². The van der Waals surface area contributed by atoms with Crippen LogP contribution in [-0.2, 0) is 0 Å². The zero-order valence-corrected chi connectivity index (χ0v) is 15.1. The summed E-state index contributed by atoms with van der Waals surface area (Å²) in [7, 11) is 0. The number of aromatic nitrogens is 2. The van der Waals surface area contributed by atoms with Gasteiger partial charge in [-0.05, 0) is 29.7 Å². The highest BCUT2D eigenvalue weighted by molar-refractivity contribution is 8.01. The molecule has 23 heavy (non-hydrogen) atoms. The highest BCUT2D eigenvalue weighted by Gasteiger charge is 2.16. The van der Waals surface area contributed by atoms with E-state index in [2.05, 4.69) is 22.4 Å². The number of thiophene rings is 1. The Morgan fingerprint density at radius 2 is 2.00 bits per heavy atom. The van der Waals surface area contributed by atoms with Crippen molar-refractivity contribution in [1.82, 2.24) is 10.2 Å². The Hall–Kier alpha value is -1.70. The minimum atomic E-state index is -0.139. The lowest BCUT2D eigenvalue weighted by Crippen LogP contribution is -2.11. The van der Waals surface area contributed by atoms with Crippen LogP contribution in [0.4, 0.5) is 5.13 Å². The van der Waals surface area contributed by atoms with Crippen LogP contribution in [0.15, 0.2) is 40.1 Å². The summed E-state index contributed by atoms with van der Waals surface area (Å²) in [5.74, 6) is 0.796. The second-order valence-corrected chi connectivity index (χ2v) is 8.19. The molecule has 1 N–H and O–H groups in total. The van der Waals surface area contributed by atoms with Crippen molar-refractivity contribution in [3.63, 3.8) is 0 Å². The normalized spacial score (nSPS) is 10.7. The Kier molecular flexibility index (Phi) is 5.09. The molecule has 2 heterocycles. The first-order chi connectivity index (χ1) is 11.2. The van der Waals surface area contributed by atoms with Gasteiger partial charge in [-0.1, -0.05) is 59.9 Å². The number of aryl methyl sites for hydroxylation is 1. The Bertz CT molecular complexity index is 808. The van der Waals surface area contributed by atoms with Gasteiger partial charge < -0.3 is 0 Å². The number of carbonyl (C=O) groups excluding carboxylic acids is 1. The fourth-order valence-corrected chi connectivity index (χ4v) is 4.50. The van der Waals surface area contributed by atoms with E-state index in [1.807, 2.05) is 42.6 Å². The SMILES string of the molecule is CCSc1nnc(NC(=O)c2sccc2-c2ccc(C)cc2)s1. The first kappa shape index (κ1) is 16.2. The van der Waals surface area contributed by atoms with Gasteiger partial charge in [0.05, 0.1) is 0 Å². The number of anilines is 1. The predicted octanol–water partition coefficient (Wildman–Crippen LogP) is 4.94. The standard InChI is InChI=1S/C16H15N3OS3/c1-3-21-16-19-18-15(23-16)17-14(20)13-12(8-9-22-13)11-6-4-10(2)5-7-11/h4-9H,3H2,1-2H3,(H,17,18,20). The van der Waals surface area contributed by atoms with Crippen molar-refractivity contribution in [2.45, 2.75) is 18.2 Å². The molecule has 0 atom stereocenters. The largest absolute Gasteiger partial charge is 0.296 e. The summed E-state index contributed by atoms with van der Waals surface area (Å²) in [5.41, 5.74) is 3.19. The van der Waals surface area contributed by atoms with Crippen LogP contribution in [0.1, 0.15) is 22.2 Å². The number of nitrogens with one attached hydrogen (secondary N) is 1. The van der Waals surface area contributed by atoms with Gasteiger partial charge in [-0.25, -0.2) is 0 Å². The van der Waals surface area contributed by atoms with Gasteiger partial charge in [-0.3, -0.25) is 10.1 Å². The van der Waals surface area contributed by atoms with Gasteiger partial charge >= 0.3 is 0 Å². The number of nitrogens with zero attached hydrogens (tertiary/aromatic N) is 2. The molecular weight excluding hydrogens is 346 g/mol. The van der Waals surface area contributed by atoms with Crippen LogP contribution in [0.2, 0.25) is 0 Å². The molecule has 3 rings (SSSR count). The molecular formula is C16H15N3OS3. The van der Waals surface area contributed by atoms with Crippen LogP contribution in [0.5, 0.6) is 0 Å². The highest BCUT2D eigenvalue weighted by atomic mass is 32.2. The average Bonchev–Trinajstić information content (AvgIpc) is 3.18. The van der Waals surface area contributed by atoms with Gasteiger partial charge in [-0.2, -0.15) is 0 Å². The maximum absolute atomic E-state index is 12.5. The number of thioether (sulfide) groups is 1. The topological polar surface area (TPSA) is 54.9 Å². The van der Waals surface area contributed by atoms with Gasteiger partial charge in [-0.15, -0.1) is 21.5 Å². The lowest BCUT2D eigenvalue weighted by atomic mass is 10.0. The van der Waals surface area contributed by atoms with Gasteiger partial charge in [0.25, 0.3) is 5.91 Å². The number of hydrogen-bond acceptors (Lipinski definition) is 6. The van der Waals surface area contributed by atoms with Crippen molar-refractivity contribution in [2.75, 3.05) is 11.1 Å². The van der Waals surface area contributed by atoms with Crippen LogP contribution in [0.3, 0.4) is 0 Å². The maximum atomic E-state index is 12.5. The molecule has 0 aliphatic carbocycles. The third kappa shape index (κ3) is 3.80. The second-order valence-electron chi connectivity index (χ2n) is 4.79. The monoisotopic (exact) mass is 361 g/mol. The fourth-order valence-electron chi connectivity index (χ4n) is 2.04. The van der Waals surface area contributed by atoms with Gasteiger partial charge in [0.2, 0.25) is 5.13 Å². The van der Waals surface area contributed by atoms with Crippen LogP contribution in [0, 0.1) is 6.92 Å². The lowest BCUT2D eigenvalue weighted by molar-refractivity contribution is 0.103. The summed E-state index contributed by atoms with van der Waals surface area (Å²) in [5, 5.41) is 13.4. The molecule has 0 fully saturated rings. The lowest BCUT2D eigenvalue weighted by Gasteiger charge is -2.04. The van der Waals surface area contributed by atoms with Crippen LogP contribution in [-0.4, -0.2) is 21.9 Å². The molecule has 0 radical (unpaired) electrons. The molecule has 1 amide bonds. The van der Waals surface area contributed by atoms with Crippen molar-refractivity contribution in [3.05, 3.63) is 46.2 Å². The highest BCUT2D eigenvalue weighted by Crippen LogP contribution is 2.30. The number of amides is 1. The molecule has 7 heteroatoms. The van der Waals surface area contributed by atoms with E-state index in [0.29, 0.717) is 10.0 Å². The summed E-state index contributed by atoms with van der Waals surface area (Å²) < 4.78 is 0.868. The molecule has 0 bridgehead atoms. The molecule has 4 nitrogen and oxygen atoms in total. The van der Waals surface area contributed by atoms with E-state index in [1.165, 1.54) is 28.2 Å². The van der Waals surface area contributed by atoms with E-state index in [4.69, 9.17) is 0 Å². The average molecular weight is 362 g/mol. The molecule has 0 saturated carbocycles. The first-order valence-electron chi connectivity index (χ1n) is 7.09. The quantitative estimate of drug-likeness (QED) is 0.516. The third-order valence-corrected chi connectivity index (χ3v) is 5.90. The number of benzene rings is 1. The van der Waals surface area contributed by atoms with E-state index < -0.39 is 0 Å². The molecule has 0 unspecified atom stereocenters. The minimum Gasteiger partial charge on any atom is -0.296 e. The first-order valence-corrected chi connectivity index (χ1v) is 9.77. The maximum Gasteiger partial charge on any atom is 0.268 e. The van der Waals surface area contributed by atoms with Gasteiger partial charge in [0.15, 0.2) is 4.34 Å². The van der Waals surface area contributed by atoms with Crippen molar-refractivity contribution in [2.24, 2.45) is 0 Å². The van der Waals surface area contributed by atoms with Crippen molar-refractivity contribution in [3.8, 4) is 11.1 Å². The molecule has 118 valence electrons. The van der Waals surface area contributed by atoms with Gasteiger partial charge in [0.1, 0.15) is 4.88 Å². The van der Waals surface area contributed by atoms with Crippen molar-refractivity contribution >= 4 is 45.5 Å². The molecule has 0 aliphatic heterocycles. The Balaban J connectivity index is 1.80. The zero-order chi connectivity index (χ0) is 16.2. The molecule has 0 saturated heterocycles. The summed E-state index contributed by atoms with van der Waals surface area (Å²) >= 11 is 4.45. The van der Waals surface area contributed by atoms with E-state index in [1.54, 1.807) is 11.8 Å². The smallest absolute Gasteiger partial charge is 0.268 e. The van der Waals surface area contributed by atoms with Crippen molar-refractivity contribution < 1.29 is 4.79 Å². The molecule has 2 aromatic heterocycles. The van der Waals surface area contributed by atoms with E-state index in [9.17, 15) is 4.79 Å². The van der Waals surface area contributed by atoms with E-state index >= 15 is 0 Å². The van der Waals surface area contributed by atoms with Crippen LogP contribution >= 0.6 is 34.4 Å². The summed E-state index contributed by atoms with van der Waals surface area (Å²) in [6, 6.07) is 10.1. The summed E-state index contributed by atoms with van der Waals surface area (Å²) in [4.78, 5) is 13.2. The van der Waals surface area contributed by atoms with Crippen LogP contribution < -0.4 is 5.32 Å². The summed E-state index contributed by atoms with van der Waals surface area (Å²) in [6.07, 6.45) is 0.